The van der Waals surface area contributed by atoms with E-state index in [4.69, 9.17) is 4.74 Å². The van der Waals surface area contributed by atoms with Gasteiger partial charge in [0.2, 0.25) is 0 Å². The molecule has 0 heterocycles. The van der Waals surface area contributed by atoms with Crippen molar-refractivity contribution in [2.24, 2.45) is 0 Å². The van der Waals surface area contributed by atoms with Crippen molar-refractivity contribution in [3.05, 3.63) is 29.6 Å². The zero-order valence-electron chi connectivity index (χ0n) is 11.0. The fourth-order valence-electron chi connectivity index (χ4n) is 2.42. The third-order valence-electron chi connectivity index (χ3n) is 3.52. The molecule has 1 fully saturated rings. The van der Waals surface area contributed by atoms with Gasteiger partial charge in [-0.3, -0.25) is 0 Å². The third-order valence-corrected chi connectivity index (χ3v) is 3.52. The van der Waals surface area contributed by atoms with E-state index < -0.39 is 0 Å². The quantitative estimate of drug-likeness (QED) is 0.782. The molecule has 3 heteroatoms. The lowest BCUT2D eigenvalue weighted by Gasteiger charge is -2.12. The standard InChI is InChI=1S/C15H22FNO/c1-12-7-8-13(16)11-15(12)18-10-4-9-17-14-5-2-3-6-14/h7-8,11,14,17H,2-6,9-10H2,1H3. The van der Waals surface area contributed by atoms with Crippen LogP contribution < -0.4 is 10.1 Å². The van der Waals surface area contributed by atoms with E-state index in [1.54, 1.807) is 6.07 Å². The molecule has 18 heavy (non-hydrogen) atoms. The fourth-order valence-corrected chi connectivity index (χ4v) is 2.42. The van der Waals surface area contributed by atoms with Crippen molar-refractivity contribution in [3.63, 3.8) is 0 Å². The van der Waals surface area contributed by atoms with Crippen LogP contribution in [0.3, 0.4) is 0 Å². The minimum atomic E-state index is -0.236. The van der Waals surface area contributed by atoms with Crippen LogP contribution in [-0.2, 0) is 0 Å². The van der Waals surface area contributed by atoms with Crippen LogP contribution in [0, 0.1) is 12.7 Å². The lowest BCUT2D eigenvalue weighted by Crippen LogP contribution is -2.27. The van der Waals surface area contributed by atoms with Gasteiger partial charge in [-0.25, -0.2) is 4.39 Å². The first-order valence-corrected chi connectivity index (χ1v) is 6.88. The van der Waals surface area contributed by atoms with Gasteiger partial charge < -0.3 is 10.1 Å². The molecule has 1 aliphatic carbocycles. The Morgan fingerprint density at radius 2 is 2.11 bits per heavy atom. The van der Waals surface area contributed by atoms with Gasteiger partial charge in [-0.2, -0.15) is 0 Å². The summed E-state index contributed by atoms with van der Waals surface area (Å²) in [7, 11) is 0. The van der Waals surface area contributed by atoms with Crippen LogP contribution in [0.2, 0.25) is 0 Å². The second kappa shape index (κ2) is 6.74. The number of aryl methyl sites for hydroxylation is 1. The number of hydrogen-bond donors (Lipinski definition) is 1. The van der Waals surface area contributed by atoms with Crippen molar-refractivity contribution < 1.29 is 9.13 Å². The smallest absolute Gasteiger partial charge is 0.126 e. The summed E-state index contributed by atoms with van der Waals surface area (Å²) in [6.07, 6.45) is 6.30. The van der Waals surface area contributed by atoms with E-state index in [1.807, 2.05) is 6.92 Å². The normalized spacial score (nSPS) is 16.1. The van der Waals surface area contributed by atoms with Crippen molar-refractivity contribution in [3.8, 4) is 5.75 Å². The maximum absolute atomic E-state index is 13.0. The highest BCUT2D eigenvalue weighted by molar-refractivity contribution is 5.32. The molecule has 0 radical (unpaired) electrons. The molecule has 0 amide bonds. The summed E-state index contributed by atoms with van der Waals surface area (Å²) in [4.78, 5) is 0. The third kappa shape index (κ3) is 3.98. The highest BCUT2D eigenvalue weighted by Gasteiger charge is 2.13. The Morgan fingerprint density at radius 3 is 2.89 bits per heavy atom. The molecule has 2 nitrogen and oxygen atoms in total. The van der Waals surface area contributed by atoms with Crippen LogP contribution in [-0.4, -0.2) is 19.2 Å². The van der Waals surface area contributed by atoms with Gasteiger partial charge >= 0.3 is 0 Å². The molecule has 0 aliphatic heterocycles. The average Bonchev–Trinajstić information content (AvgIpc) is 2.86. The molecule has 1 aliphatic rings. The van der Waals surface area contributed by atoms with E-state index in [9.17, 15) is 4.39 Å². The van der Waals surface area contributed by atoms with E-state index >= 15 is 0 Å². The molecule has 1 aromatic carbocycles. The molecule has 100 valence electrons. The summed E-state index contributed by atoms with van der Waals surface area (Å²) in [5.74, 6) is 0.426. The molecular weight excluding hydrogens is 229 g/mol. The summed E-state index contributed by atoms with van der Waals surface area (Å²) in [6, 6.07) is 5.38. The molecule has 0 bridgehead atoms. The van der Waals surface area contributed by atoms with Crippen molar-refractivity contribution in [2.75, 3.05) is 13.2 Å². The van der Waals surface area contributed by atoms with Crippen molar-refractivity contribution in [1.29, 1.82) is 0 Å². The first-order chi connectivity index (χ1) is 8.75. The maximum atomic E-state index is 13.0. The van der Waals surface area contributed by atoms with Crippen LogP contribution in [0.25, 0.3) is 0 Å². The van der Waals surface area contributed by atoms with E-state index in [2.05, 4.69) is 5.32 Å². The predicted octanol–water partition coefficient (Wildman–Crippen LogP) is 3.44. The number of nitrogens with one attached hydrogen (secondary N) is 1. The zero-order valence-corrected chi connectivity index (χ0v) is 11.0. The largest absolute Gasteiger partial charge is 0.493 e. The van der Waals surface area contributed by atoms with E-state index in [1.165, 1.54) is 37.8 Å². The van der Waals surface area contributed by atoms with Crippen molar-refractivity contribution in [2.45, 2.75) is 45.1 Å². The molecular formula is C15H22FNO. The minimum Gasteiger partial charge on any atom is -0.493 e. The first-order valence-electron chi connectivity index (χ1n) is 6.88. The summed E-state index contributed by atoms with van der Waals surface area (Å²) in [5, 5.41) is 3.54. The number of rotatable bonds is 6. The Balaban J connectivity index is 1.64. The number of hydrogen-bond acceptors (Lipinski definition) is 2. The molecule has 1 aromatic rings. The molecule has 1 saturated carbocycles. The Labute approximate surface area is 109 Å². The second-order valence-corrected chi connectivity index (χ2v) is 5.05. The van der Waals surface area contributed by atoms with E-state index in [-0.39, 0.29) is 5.82 Å². The topological polar surface area (TPSA) is 21.3 Å². The van der Waals surface area contributed by atoms with Crippen LogP contribution in [0.1, 0.15) is 37.7 Å². The van der Waals surface area contributed by atoms with Gasteiger partial charge in [0.25, 0.3) is 0 Å². The Hall–Kier alpha value is -1.09. The Bertz CT molecular complexity index is 375. The number of halogens is 1. The van der Waals surface area contributed by atoms with Crippen LogP contribution >= 0.6 is 0 Å². The van der Waals surface area contributed by atoms with Gasteiger partial charge in [0, 0.05) is 12.1 Å². The lowest BCUT2D eigenvalue weighted by molar-refractivity contribution is 0.301. The lowest BCUT2D eigenvalue weighted by atomic mass is 10.2. The van der Waals surface area contributed by atoms with Crippen LogP contribution in [0.4, 0.5) is 4.39 Å². The highest BCUT2D eigenvalue weighted by Crippen LogP contribution is 2.19. The maximum Gasteiger partial charge on any atom is 0.126 e. The molecule has 0 aromatic heterocycles. The number of ether oxygens (including phenoxy) is 1. The Kier molecular flexibility index (Phi) is 5.00. The SMILES string of the molecule is Cc1ccc(F)cc1OCCCNC1CCCC1. The average molecular weight is 251 g/mol. The minimum absolute atomic E-state index is 0.236. The molecule has 0 atom stereocenters. The Morgan fingerprint density at radius 1 is 1.33 bits per heavy atom. The van der Waals surface area contributed by atoms with E-state index in [0.717, 1.165) is 18.5 Å². The summed E-state index contributed by atoms with van der Waals surface area (Å²) < 4.78 is 18.6. The second-order valence-electron chi connectivity index (χ2n) is 5.05. The van der Waals surface area contributed by atoms with Gasteiger partial charge in [0.05, 0.1) is 6.61 Å². The van der Waals surface area contributed by atoms with Crippen LogP contribution in [0.5, 0.6) is 5.75 Å². The predicted molar refractivity (Wildman–Crippen MR) is 71.5 cm³/mol. The van der Waals surface area contributed by atoms with Gasteiger partial charge in [0.15, 0.2) is 0 Å². The first kappa shape index (κ1) is 13.3. The fraction of sp³-hybridized carbons (Fsp3) is 0.600. The monoisotopic (exact) mass is 251 g/mol. The number of benzene rings is 1. The van der Waals surface area contributed by atoms with E-state index in [0.29, 0.717) is 18.4 Å². The van der Waals surface area contributed by atoms with Gasteiger partial charge in [0.1, 0.15) is 11.6 Å². The van der Waals surface area contributed by atoms with Gasteiger partial charge in [-0.05, 0) is 44.4 Å². The molecule has 0 spiro atoms. The van der Waals surface area contributed by atoms with Crippen LogP contribution in [0.15, 0.2) is 18.2 Å². The van der Waals surface area contributed by atoms with Gasteiger partial charge in [-0.1, -0.05) is 18.9 Å². The zero-order chi connectivity index (χ0) is 12.8. The molecule has 1 N–H and O–H groups in total. The summed E-state index contributed by atoms with van der Waals surface area (Å²) >= 11 is 0. The van der Waals surface area contributed by atoms with Crippen molar-refractivity contribution >= 4 is 0 Å². The highest BCUT2D eigenvalue weighted by atomic mass is 19.1. The summed E-state index contributed by atoms with van der Waals surface area (Å²) in [5.41, 5.74) is 0.986. The summed E-state index contributed by atoms with van der Waals surface area (Å²) in [6.45, 7) is 3.56. The van der Waals surface area contributed by atoms with Gasteiger partial charge in [-0.15, -0.1) is 0 Å². The molecule has 2 rings (SSSR count). The molecule has 0 unspecified atom stereocenters. The molecule has 0 saturated heterocycles. The van der Waals surface area contributed by atoms with Crippen molar-refractivity contribution in [1.82, 2.24) is 5.32 Å².